The molecular formula is C13H25IN6OS. The van der Waals surface area contributed by atoms with E-state index in [4.69, 9.17) is 0 Å². The zero-order valence-electron chi connectivity index (χ0n) is 13.7. The van der Waals surface area contributed by atoms with Crippen LogP contribution >= 0.6 is 35.3 Å². The summed E-state index contributed by atoms with van der Waals surface area (Å²) in [5.41, 5.74) is 0.917. The molecule has 126 valence electrons. The fourth-order valence-electron chi connectivity index (χ4n) is 1.39. The van der Waals surface area contributed by atoms with E-state index in [1.807, 2.05) is 31.3 Å². The van der Waals surface area contributed by atoms with Crippen LogP contribution in [0.3, 0.4) is 0 Å². The summed E-state index contributed by atoms with van der Waals surface area (Å²) in [4.78, 5) is 24.0. The maximum absolute atomic E-state index is 11.6. The van der Waals surface area contributed by atoms with E-state index in [0.29, 0.717) is 12.5 Å². The van der Waals surface area contributed by atoms with Gasteiger partial charge in [0.1, 0.15) is 0 Å². The summed E-state index contributed by atoms with van der Waals surface area (Å²) in [6.45, 7) is 3.43. The molecule has 0 aliphatic carbocycles. The molecule has 0 aliphatic heterocycles. The number of anilines is 1. The van der Waals surface area contributed by atoms with Gasteiger partial charge in [-0.15, -0.1) is 35.3 Å². The normalized spacial score (nSPS) is 10.7. The van der Waals surface area contributed by atoms with Crippen molar-refractivity contribution in [3.05, 3.63) is 11.1 Å². The highest BCUT2D eigenvalue weighted by atomic mass is 127. The molecule has 1 heterocycles. The van der Waals surface area contributed by atoms with Gasteiger partial charge in [0.15, 0.2) is 11.1 Å². The smallest absolute Gasteiger partial charge is 0.241 e. The Kier molecular flexibility index (Phi) is 10.1. The second-order valence-electron chi connectivity index (χ2n) is 4.85. The molecule has 1 rings (SSSR count). The Morgan fingerprint density at radius 2 is 2.00 bits per heavy atom. The van der Waals surface area contributed by atoms with E-state index in [0.717, 1.165) is 17.4 Å². The molecule has 7 nitrogen and oxygen atoms in total. The summed E-state index contributed by atoms with van der Waals surface area (Å²) in [6, 6.07) is 0. The summed E-state index contributed by atoms with van der Waals surface area (Å²) in [6.07, 6.45) is 0. The SMILES string of the molecule is CCNC(=NCc1csc(N(C)C)n1)NCC(=O)N(C)C.I. The minimum Gasteiger partial charge on any atom is -0.357 e. The summed E-state index contributed by atoms with van der Waals surface area (Å²) in [7, 11) is 7.38. The highest BCUT2D eigenvalue weighted by Crippen LogP contribution is 2.18. The summed E-state index contributed by atoms with van der Waals surface area (Å²) in [5.74, 6) is 0.622. The molecule has 0 atom stereocenters. The highest BCUT2D eigenvalue weighted by molar-refractivity contribution is 14.0. The van der Waals surface area contributed by atoms with Crippen LogP contribution in [0.1, 0.15) is 12.6 Å². The molecule has 1 aromatic heterocycles. The van der Waals surface area contributed by atoms with Crippen molar-refractivity contribution in [1.82, 2.24) is 20.5 Å². The Morgan fingerprint density at radius 1 is 1.32 bits per heavy atom. The second-order valence-corrected chi connectivity index (χ2v) is 5.69. The van der Waals surface area contributed by atoms with Gasteiger partial charge in [0.25, 0.3) is 0 Å². The van der Waals surface area contributed by atoms with Crippen molar-refractivity contribution in [1.29, 1.82) is 0 Å². The molecule has 1 amide bonds. The molecule has 0 bridgehead atoms. The third kappa shape index (κ3) is 7.25. The quantitative estimate of drug-likeness (QED) is 0.392. The van der Waals surface area contributed by atoms with E-state index >= 15 is 0 Å². The Bertz CT molecular complexity index is 489. The molecule has 1 aromatic rings. The molecule has 0 radical (unpaired) electrons. The van der Waals surface area contributed by atoms with Gasteiger partial charge in [-0.3, -0.25) is 4.79 Å². The van der Waals surface area contributed by atoms with E-state index in [-0.39, 0.29) is 36.4 Å². The van der Waals surface area contributed by atoms with Crippen LogP contribution in [0, 0.1) is 0 Å². The lowest BCUT2D eigenvalue weighted by Gasteiger charge is -2.13. The zero-order valence-corrected chi connectivity index (χ0v) is 16.9. The summed E-state index contributed by atoms with van der Waals surface area (Å²) in [5, 5.41) is 9.08. The number of aliphatic imine (C=N–C) groups is 1. The number of likely N-dealkylation sites (N-methyl/N-ethyl adjacent to an activating group) is 1. The number of nitrogens with zero attached hydrogens (tertiary/aromatic N) is 4. The van der Waals surface area contributed by atoms with Crippen LogP contribution in [-0.4, -0.2) is 63.0 Å². The largest absolute Gasteiger partial charge is 0.357 e. The van der Waals surface area contributed by atoms with Crippen LogP contribution in [0.2, 0.25) is 0 Å². The number of thiazole rings is 1. The standard InChI is InChI=1S/C13H24N6OS.HI/c1-6-14-12(16-8-11(20)18(2)3)15-7-10-9-21-13(17-10)19(4)5;/h9H,6-8H2,1-5H3,(H2,14,15,16);1H. The number of amides is 1. The van der Waals surface area contributed by atoms with Crippen molar-refractivity contribution in [2.24, 2.45) is 4.99 Å². The first-order valence-electron chi connectivity index (χ1n) is 6.78. The van der Waals surface area contributed by atoms with Gasteiger partial charge in [0.2, 0.25) is 5.91 Å². The van der Waals surface area contributed by atoms with Crippen molar-refractivity contribution in [3.63, 3.8) is 0 Å². The van der Waals surface area contributed by atoms with Crippen LogP contribution in [0.25, 0.3) is 0 Å². The first kappa shape index (κ1) is 20.9. The minimum absolute atomic E-state index is 0. The Hall–Kier alpha value is -1.10. The summed E-state index contributed by atoms with van der Waals surface area (Å²) < 4.78 is 0. The third-order valence-electron chi connectivity index (χ3n) is 2.57. The molecule has 0 aliphatic rings. The molecule has 0 saturated heterocycles. The fourth-order valence-corrected chi connectivity index (χ4v) is 2.14. The van der Waals surface area contributed by atoms with Gasteiger partial charge in [0.05, 0.1) is 18.8 Å². The number of rotatable bonds is 6. The predicted molar refractivity (Wildman–Crippen MR) is 103 cm³/mol. The number of hydrogen-bond donors (Lipinski definition) is 2. The fraction of sp³-hybridized carbons (Fsp3) is 0.615. The van der Waals surface area contributed by atoms with Gasteiger partial charge in [-0.05, 0) is 6.92 Å². The van der Waals surface area contributed by atoms with Gasteiger partial charge in [0, 0.05) is 40.1 Å². The first-order chi connectivity index (χ1) is 9.93. The lowest BCUT2D eigenvalue weighted by atomic mass is 10.5. The van der Waals surface area contributed by atoms with Crippen LogP contribution in [0.5, 0.6) is 0 Å². The second kappa shape index (κ2) is 10.6. The average Bonchev–Trinajstić information content (AvgIpc) is 2.90. The molecule has 0 spiro atoms. The minimum atomic E-state index is 0. The predicted octanol–water partition coefficient (Wildman–Crippen LogP) is 0.970. The van der Waals surface area contributed by atoms with Crippen molar-refractivity contribution >= 4 is 52.3 Å². The molecular weight excluding hydrogens is 415 g/mol. The molecule has 0 unspecified atom stereocenters. The third-order valence-corrected chi connectivity index (χ3v) is 3.63. The maximum Gasteiger partial charge on any atom is 0.241 e. The Morgan fingerprint density at radius 3 is 2.50 bits per heavy atom. The molecule has 0 saturated carbocycles. The Labute approximate surface area is 153 Å². The first-order valence-corrected chi connectivity index (χ1v) is 7.66. The van der Waals surface area contributed by atoms with Gasteiger partial charge in [-0.1, -0.05) is 0 Å². The van der Waals surface area contributed by atoms with Gasteiger partial charge in [-0.2, -0.15) is 0 Å². The number of guanidine groups is 1. The molecule has 0 aromatic carbocycles. The number of halogens is 1. The van der Waals surface area contributed by atoms with Gasteiger partial charge < -0.3 is 20.4 Å². The zero-order chi connectivity index (χ0) is 15.8. The van der Waals surface area contributed by atoms with Crippen molar-refractivity contribution in [3.8, 4) is 0 Å². The highest BCUT2D eigenvalue weighted by Gasteiger charge is 2.06. The van der Waals surface area contributed by atoms with Crippen LogP contribution in [0.4, 0.5) is 5.13 Å². The molecule has 9 heteroatoms. The number of nitrogens with one attached hydrogen (secondary N) is 2. The molecule has 2 N–H and O–H groups in total. The van der Waals surface area contributed by atoms with Crippen molar-refractivity contribution in [2.45, 2.75) is 13.5 Å². The topological polar surface area (TPSA) is 72.9 Å². The number of carbonyl (C=O) groups is 1. The van der Waals surface area contributed by atoms with Crippen LogP contribution in [-0.2, 0) is 11.3 Å². The average molecular weight is 440 g/mol. The van der Waals surface area contributed by atoms with Crippen LogP contribution in [0.15, 0.2) is 10.4 Å². The van der Waals surface area contributed by atoms with E-state index in [9.17, 15) is 4.79 Å². The lowest BCUT2D eigenvalue weighted by molar-refractivity contribution is -0.127. The van der Waals surface area contributed by atoms with Gasteiger partial charge in [-0.25, -0.2) is 9.98 Å². The lowest BCUT2D eigenvalue weighted by Crippen LogP contribution is -2.42. The number of carbonyl (C=O) groups excluding carboxylic acids is 1. The Balaban J connectivity index is 0.00000441. The van der Waals surface area contributed by atoms with E-state index in [2.05, 4.69) is 20.6 Å². The van der Waals surface area contributed by atoms with E-state index in [1.54, 1.807) is 30.3 Å². The molecule has 0 fully saturated rings. The number of aromatic nitrogens is 1. The summed E-state index contributed by atoms with van der Waals surface area (Å²) >= 11 is 1.59. The number of hydrogen-bond acceptors (Lipinski definition) is 5. The maximum atomic E-state index is 11.6. The van der Waals surface area contributed by atoms with E-state index in [1.165, 1.54) is 0 Å². The van der Waals surface area contributed by atoms with E-state index < -0.39 is 0 Å². The van der Waals surface area contributed by atoms with Crippen molar-refractivity contribution < 1.29 is 4.79 Å². The van der Waals surface area contributed by atoms with Gasteiger partial charge >= 0.3 is 0 Å². The molecule has 22 heavy (non-hydrogen) atoms. The monoisotopic (exact) mass is 440 g/mol. The van der Waals surface area contributed by atoms with Crippen LogP contribution < -0.4 is 15.5 Å². The van der Waals surface area contributed by atoms with Crippen molar-refractivity contribution in [2.75, 3.05) is 46.2 Å².